The van der Waals surface area contributed by atoms with Gasteiger partial charge in [-0.2, -0.15) is 0 Å². The zero-order valence-corrected chi connectivity index (χ0v) is 35.6. The van der Waals surface area contributed by atoms with E-state index in [-0.39, 0.29) is 5.41 Å². The third-order valence-corrected chi connectivity index (χ3v) is 13.6. The van der Waals surface area contributed by atoms with Crippen molar-refractivity contribution in [3.63, 3.8) is 0 Å². The monoisotopic (exact) mass is 810 g/mol. The Bertz CT molecular complexity index is 3310. The highest BCUT2D eigenvalue weighted by Gasteiger charge is 2.41. The van der Waals surface area contributed by atoms with E-state index in [2.05, 4.69) is 217 Å². The molecule has 3 heterocycles. The van der Waals surface area contributed by atoms with Gasteiger partial charge in [0.25, 0.3) is 0 Å². The van der Waals surface area contributed by atoms with Crippen molar-refractivity contribution < 1.29 is 0 Å². The predicted molar refractivity (Wildman–Crippen MR) is 263 cm³/mol. The van der Waals surface area contributed by atoms with Gasteiger partial charge in [0, 0.05) is 55.0 Å². The van der Waals surface area contributed by atoms with E-state index in [0.29, 0.717) is 5.82 Å². The van der Waals surface area contributed by atoms with Crippen LogP contribution in [0.25, 0.3) is 100 Å². The highest BCUT2D eigenvalue weighted by Crippen LogP contribution is 2.54. The summed E-state index contributed by atoms with van der Waals surface area (Å²) >= 11 is 0. The molecule has 1 aliphatic rings. The first-order valence-electron chi connectivity index (χ1n) is 22.5. The van der Waals surface area contributed by atoms with Crippen molar-refractivity contribution in [3.05, 3.63) is 205 Å². The maximum Gasteiger partial charge on any atom is 0.160 e. The van der Waals surface area contributed by atoms with Crippen molar-refractivity contribution in [3.8, 4) is 56.4 Å². The van der Waals surface area contributed by atoms with E-state index in [1.807, 2.05) is 0 Å². The molecule has 1 aliphatic carbocycles. The lowest BCUT2D eigenvalue weighted by Crippen LogP contribution is -2.25. The number of rotatable bonds is 9. The summed E-state index contributed by atoms with van der Waals surface area (Å²) in [5.41, 5.74) is 17.3. The standard InChI is InChI=1S/C59H46N4/c1-3-32-59(33-4-2)50-25-13-8-20-44(50)45-31-30-40(36-51(45)59)52-38-53(61-58(60-52)39-18-6-5-7-19-39)41-34-42(62-54-26-14-9-21-46(54)47-22-10-15-27-55(47)62)37-43(35-41)63-56-28-16-11-23-48(56)49-24-12-17-29-57(49)63/h5-31,34-38H,3-4,32-33H2,1-2H3. The Labute approximate surface area is 367 Å². The molecule has 8 aromatic carbocycles. The summed E-state index contributed by atoms with van der Waals surface area (Å²) in [4.78, 5) is 10.9. The van der Waals surface area contributed by atoms with E-state index in [1.165, 1.54) is 65.9 Å². The molecule has 11 aromatic rings. The van der Waals surface area contributed by atoms with Gasteiger partial charge in [0.1, 0.15) is 0 Å². The fourth-order valence-electron chi connectivity index (χ4n) is 11.0. The summed E-state index contributed by atoms with van der Waals surface area (Å²) in [6.45, 7) is 4.65. The van der Waals surface area contributed by atoms with Crippen molar-refractivity contribution in [2.24, 2.45) is 0 Å². The Morgan fingerprint density at radius 3 is 1.38 bits per heavy atom. The largest absolute Gasteiger partial charge is 0.309 e. The Morgan fingerprint density at radius 1 is 0.381 bits per heavy atom. The minimum absolute atomic E-state index is 0.0303. The van der Waals surface area contributed by atoms with E-state index >= 15 is 0 Å². The zero-order chi connectivity index (χ0) is 42.1. The molecule has 4 nitrogen and oxygen atoms in total. The highest BCUT2D eigenvalue weighted by molar-refractivity contribution is 6.10. The van der Waals surface area contributed by atoms with Gasteiger partial charge in [0.05, 0.1) is 33.5 Å². The number of fused-ring (bicyclic) bond motifs is 9. The van der Waals surface area contributed by atoms with Crippen LogP contribution in [0.15, 0.2) is 194 Å². The van der Waals surface area contributed by atoms with Gasteiger partial charge in [-0.15, -0.1) is 0 Å². The molecule has 63 heavy (non-hydrogen) atoms. The number of aromatic nitrogens is 4. The molecule has 0 saturated carbocycles. The molecule has 0 amide bonds. The van der Waals surface area contributed by atoms with Gasteiger partial charge in [0.2, 0.25) is 0 Å². The molecule has 302 valence electrons. The fraction of sp³-hybridized carbons (Fsp3) is 0.119. The quantitative estimate of drug-likeness (QED) is 0.146. The third-order valence-electron chi connectivity index (χ3n) is 13.6. The molecule has 4 heteroatoms. The highest BCUT2D eigenvalue weighted by atomic mass is 15.0. The minimum Gasteiger partial charge on any atom is -0.309 e. The second kappa shape index (κ2) is 14.8. The summed E-state index contributed by atoms with van der Waals surface area (Å²) in [6.07, 6.45) is 4.45. The summed E-state index contributed by atoms with van der Waals surface area (Å²) in [5.74, 6) is 0.709. The molecule has 0 unspecified atom stereocenters. The van der Waals surface area contributed by atoms with Gasteiger partial charge in [-0.25, -0.2) is 9.97 Å². The van der Waals surface area contributed by atoms with E-state index in [1.54, 1.807) is 0 Å². The van der Waals surface area contributed by atoms with E-state index in [0.717, 1.165) is 65.1 Å². The zero-order valence-electron chi connectivity index (χ0n) is 35.6. The summed E-state index contributed by atoms with van der Waals surface area (Å²) < 4.78 is 4.84. The average molecular weight is 811 g/mol. The molecule has 0 N–H and O–H groups in total. The van der Waals surface area contributed by atoms with Crippen LogP contribution in [0.1, 0.15) is 50.7 Å². The fourth-order valence-corrected chi connectivity index (χ4v) is 11.0. The van der Waals surface area contributed by atoms with E-state index < -0.39 is 0 Å². The first-order valence-corrected chi connectivity index (χ1v) is 22.5. The first kappa shape index (κ1) is 37.2. The minimum atomic E-state index is -0.0303. The maximum absolute atomic E-state index is 5.46. The van der Waals surface area contributed by atoms with Crippen molar-refractivity contribution >= 4 is 43.6 Å². The molecule has 0 bridgehead atoms. The van der Waals surface area contributed by atoms with Crippen LogP contribution in [0.2, 0.25) is 0 Å². The van der Waals surface area contributed by atoms with Crippen LogP contribution < -0.4 is 0 Å². The third kappa shape index (κ3) is 5.82. The topological polar surface area (TPSA) is 35.6 Å². The molecule has 0 spiro atoms. The van der Waals surface area contributed by atoms with Crippen molar-refractivity contribution in [1.82, 2.24) is 19.1 Å². The molecule has 0 saturated heterocycles. The first-order chi connectivity index (χ1) is 31.1. The second-order valence-corrected chi connectivity index (χ2v) is 17.2. The van der Waals surface area contributed by atoms with Crippen molar-refractivity contribution in [2.75, 3.05) is 0 Å². The number of nitrogens with zero attached hydrogens (tertiary/aromatic N) is 4. The van der Waals surface area contributed by atoms with E-state index in [4.69, 9.17) is 9.97 Å². The summed E-state index contributed by atoms with van der Waals surface area (Å²) in [5, 5.41) is 4.92. The van der Waals surface area contributed by atoms with Gasteiger partial charge < -0.3 is 9.13 Å². The smallest absolute Gasteiger partial charge is 0.160 e. The van der Waals surface area contributed by atoms with Crippen LogP contribution in [0.3, 0.4) is 0 Å². The summed E-state index contributed by atoms with van der Waals surface area (Å²) in [6, 6.07) is 70.9. The average Bonchev–Trinajstić information content (AvgIpc) is 3.96. The Hall–Kier alpha value is -7.56. The Morgan fingerprint density at radius 2 is 0.841 bits per heavy atom. The normalized spacial score (nSPS) is 13.0. The molecular weight excluding hydrogens is 765 g/mol. The number of hydrogen-bond donors (Lipinski definition) is 0. The number of benzene rings is 8. The molecule has 12 rings (SSSR count). The number of hydrogen-bond acceptors (Lipinski definition) is 2. The molecule has 3 aromatic heterocycles. The van der Waals surface area contributed by atoms with Crippen LogP contribution in [0.5, 0.6) is 0 Å². The molecule has 0 atom stereocenters. The maximum atomic E-state index is 5.46. The van der Waals surface area contributed by atoms with Gasteiger partial charge in [-0.05, 0) is 89.7 Å². The molecule has 0 radical (unpaired) electrons. The van der Waals surface area contributed by atoms with Gasteiger partial charge in [-0.1, -0.05) is 166 Å². The molecule has 0 fully saturated rings. The lowest BCUT2D eigenvalue weighted by Gasteiger charge is -2.32. The van der Waals surface area contributed by atoms with E-state index in [9.17, 15) is 0 Å². The second-order valence-electron chi connectivity index (χ2n) is 17.2. The number of para-hydroxylation sites is 4. The molecular formula is C59H46N4. The van der Waals surface area contributed by atoms with Gasteiger partial charge in [0.15, 0.2) is 5.82 Å². The predicted octanol–water partition coefficient (Wildman–Crippen LogP) is 15.5. The summed E-state index contributed by atoms with van der Waals surface area (Å²) in [7, 11) is 0. The van der Waals surface area contributed by atoms with Gasteiger partial charge in [-0.3, -0.25) is 0 Å². The van der Waals surface area contributed by atoms with Crippen LogP contribution in [0, 0.1) is 0 Å². The Kier molecular flexibility index (Phi) is 8.75. The van der Waals surface area contributed by atoms with Crippen LogP contribution in [0.4, 0.5) is 0 Å². The lowest BCUT2D eigenvalue weighted by molar-refractivity contribution is 0.436. The van der Waals surface area contributed by atoms with Crippen molar-refractivity contribution in [2.45, 2.75) is 44.9 Å². The van der Waals surface area contributed by atoms with Crippen LogP contribution >= 0.6 is 0 Å². The van der Waals surface area contributed by atoms with Gasteiger partial charge >= 0.3 is 0 Å². The lowest BCUT2D eigenvalue weighted by atomic mass is 9.71. The Balaban J connectivity index is 1.13. The molecule has 0 aliphatic heterocycles. The van der Waals surface area contributed by atoms with Crippen LogP contribution in [-0.2, 0) is 5.41 Å². The van der Waals surface area contributed by atoms with Crippen LogP contribution in [-0.4, -0.2) is 19.1 Å². The SMILES string of the molecule is CCCC1(CCC)c2ccccc2-c2ccc(-c3cc(-c4cc(-n5c6ccccc6c6ccccc65)cc(-n5c6ccccc6c6ccccc65)c4)nc(-c4ccccc4)n3)cc21. The van der Waals surface area contributed by atoms with Crippen molar-refractivity contribution in [1.29, 1.82) is 0 Å².